The summed E-state index contributed by atoms with van der Waals surface area (Å²) in [4.78, 5) is 24.0. The molecule has 0 atom stereocenters. The average Bonchev–Trinajstić information content (AvgIpc) is 2.90. The molecule has 1 aliphatic rings. The smallest absolute Gasteiger partial charge is 0.310 e. The van der Waals surface area contributed by atoms with E-state index in [0.29, 0.717) is 38.2 Å². The Bertz CT molecular complexity index is 916. The fourth-order valence-corrected chi connectivity index (χ4v) is 2.73. The average molecular weight is 377 g/mol. The van der Waals surface area contributed by atoms with Gasteiger partial charge in [-0.3, -0.25) is 9.59 Å². The van der Waals surface area contributed by atoms with Crippen LogP contribution in [0.25, 0.3) is 6.08 Å². The van der Waals surface area contributed by atoms with E-state index in [0.717, 1.165) is 0 Å². The largest absolute Gasteiger partial charge is 0.452 e. The summed E-state index contributed by atoms with van der Waals surface area (Å²) in [6.45, 7) is 3.45. The second-order valence-corrected chi connectivity index (χ2v) is 6.32. The maximum absolute atomic E-state index is 12.5. The van der Waals surface area contributed by atoms with Gasteiger partial charge in [-0.1, -0.05) is 36.2 Å². The SMILES string of the molecule is CCC(=O)Oc1ccc2c(c1C)O/C(=C\c1ccc(Cl)c(Cl)c1)C2=O. The lowest BCUT2D eigenvalue weighted by Crippen LogP contribution is -2.06. The summed E-state index contributed by atoms with van der Waals surface area (Å²) in [6, 6.07) is 8.24. The van der Waals surface area contributed by atoms with Gasteiger partial charge in [-0.25, -0.2) is 0 Å². The van der Waals surface area contributed by atoms with Crippen LogP contribution in [-0.4, -0.2) is 11.8 Å². The molecule has 0 spiro atoms. The number of fused-ring (bicyclic) bond motifs is 1. The molecule has 1 aliphatic heterocycles. The minimum atomic E-state index is -0.348. The Labute approximate surface area is 155 Å². The molecule has 0 saturated carbocycles. The molecule has 4 nitrogen and oxygen atoms in total. The van der Waals surface area contributed by atoms with E-state index in [2.05, 4.69) is 0 Å². The van der Waals surface area contributed by atoms with Crippen molar-refractivity contribution >= 4 is 41.0 Å². The van der Waals surface area contributed by atoms with Crippen molar-refractivity contribution in [1.82, 2.24) is 0 Å². The molecule has 2 aromatic rings. The van der Waals surface area contributed by atoms with Gasteiger partial charge in [-0.15, -0.1) is 0 Å². The van der Waals surface area contributed by atoms with Crippen LogP contribution >= 0.6 is 23.2 Å². The van der Waals surface area contributed by atoms with Crippen LogP contribution in [-0.2, 0) is 4.79 Å². The standard InChI is InChI=1S/C19H14Cl2O4/c1-3-17(22)24-15-7-5-12-18(23)16(25-19(12)10(15)2)9-11-4-6-13(20)14(21)8-11/h4-9H,3H2,1-2H3/b16-9-. The topological polar surface area (TPSA) is 52.6 Å². The number of benzene rings is 2. The highest BCUT2D eigenvalue weighted by Gasteiger charge is 2.30. The lowest BCUT2D eigenvalue weighted by Gasteiger charge is -2.09. The van der Waals surface area contributed by atoms with Crippen LogP contribution in [0.4, 0.5) is 0 Å². The third kappa shape index (κ3) is 3.41. The molecule has 0 saturated heterocycles. The van der Waals surface area contributed by atoms with Gasteiger partial charge in [0, 0.05) is 12.0 Å². The fraction of sp³-hybridized carbons (Fsp3) is 0.158. The highest BCUT2D eigenvalue weighted by molar-refractivity contribution is 6.42. The highest BCUT2D eigenvalue weighted by Crippen LogP contribution is 2.39. The first kappa shape index (κ1) is 17.5. The third-order valence-electron chi connectivity index (χ3n) is 3.79. The van der Waals surface area contributed by atoms with Crippen LogP contribution in [0.3, 0.4) is 0 Å². The quantitative estimate of drug-likeness (QED) is 0.417. The van der Waals surface area contributed by atoms with E-state index in [1.54, 1.807) is 50.3 Å². The number of hydrogen-bond acceptors (Lipinski definition) is 4. The zero-order valence-corrected chi connectivity index (χ0v) is 15.1. The monoisotopic (exact) mass is 376 g/mol. The van der Waals surface area contributed by atoms with Gasteiger partial charge in [-0.05, 0) is 42.8 Å². The van der Waals surface area contributed by atoms with Crippen molar-refractivity contribution in [2.75, 3.05) is 0 Å². The third-order valence-corrected chi connectivity index (χ3v) is 4.53. The van der Waals surface area contributed by atoms with Crippen LogP contribution in [0.2, 0.25) is 10.0 Å². The van der Waals surface area contributed by atoms with E-state index in [4.69, 9.17) is 32.7 Å². The maximum Gasteiger partial charge on any atom is 0.310 e. The molecule has 0 unspecified atom stereocenters. The van der Waals surface area contributed by atoms with Crippen molar-refractivity contribution in [1.29, 1.82) is 0 Å². The molecule has 3 rings (SSSR count). The normalized spacial score (nSPS) is 14.4. The lowest BCUT2D eigenvalue weighted by molar-refractivity contribution is -0.134. The summed E-state index contributed by atoms with van der Waals surface area (Å²) in [6.07, 6.45) is 1.86. The van der Waals surface area contributed by atoms with Gasteiger partial charge in [-0.2, -0.15) is 0 Å². The number of rotatable bonds is 3. The summed E-state index contributed by atoms with van der Waals surface area (Å²) in [5, 5.41) is 0.827. The molecular weight excluding hydrogens is 363 g/mol. The summed E-state index contributed by atoms with van der Waals surface area (Å²) in [7, 11) is 0. The van der Waals surface area contributed by atoms with E-state index < -0.39 is 0 Å². The van der Waals surface area contributed by atoms with Gasteiger partial charge in [0.15, 0.2) is 5.76 Å². The second-order valence-electron chi connectivity index (χ2n) is 5.51. The lowest BCUT2D eigenvalue weighted by atomic mass is 10.1. The zero-order chi connectivity index (χ0) is 18.1. The second kappa shape index (κ2) is 6.90. The molecule has 0 amide bonds. The Morgan fingerprint density at radius 1 is 1.20 bits per heavy atom. The number of esters is 1. The Kier molecular flexibility index (Phi) is 4.84. The first-order chi connectivity index (χ1) is 11.9. The van der Waals surface area contributed by atoms with Crippen LogP contribution in [0, 0.1) is 6.92 Å². The molecule has 6 heteroatoms. The summed E-state index contributed by atoms with van der Waals surface area (Å²) in [5.74, 6) is 0.374. The van der Waals surface area contributed by atoms with Crippen molar-refractivity contribution in [3.05, 3.63) is 62.8 Å². The molecule has 128 valence electrons. The Balaban J connectivity index is 1.95. The van der Waals surface area contributed by atoms with Crippen molar-refractivity contribution in [2.24, 2.45) is 0 Å². The van der Waals surface area contributed by atoms with E-state index >= 15 is 0 Å². The van der Waals surface area contributed by atoms with E-state index in [9.17, 15) is 9.59 Å². The first-order valence-electron chi connectivity index (χ1n) is 7.64. The number of carbonyl (C=O) groups excluding carboxylic acids is 2. The van der Waals surface area contributed by atoms with E-state index in [-0.39, 0.29) is 23.9 Å². The molecule has 25 heavy (non-hydrogen) atoms. The predicted molar refractivity (Wildman–Crippen MR) is 96.5 cm³/mol. The summed E-state index contributed by atoms with van der Waals surface area (Å²) in [5.41, 5.74) is 1.73. The van der Waals surface area contributed by atoms with Gasteiger partial charge in [0.05, 0.1) is 15.6 Å². The van der Waals surface area contributed by atoms with Gasteiger partial charge in [0.2, 0.25) is 5.78 Å². The number of halogens is 2. The number of allylic oxidation sites excluding steroid dienone is 1. The molecule has 0 N–H and O–H groups in total. The number of carbonyl (C=O) groups is 2. The molecule has 0 aliphatic carbocycles. The van der Waals surface area contributed by atoms with Crippen LogP contribution in [0.1, 0.15) is 34.8 Å². The van der Waals surface area contributed by atoms with Gasteiger partial charge in [0.25, 0.3) is 0 Å². The minimum absolute atomic E-state index is 0.176. The summed E-state index contributed by atoms with van der Waals surface area (Å²) >= 11 is 11.9. The first-order valence-corrected chi connectivity index (χ1v) is 8.40. The number of ketones is 1. The molecule has 2 aromatic carbocycles. The predicted octanol–water partition coefficient (Wildman–Crippen LogP) is 5.23. The molecule has 0 aromatic heterocycles. The van der Waals surface area contributed by atoms with E-state index in [1.807, 2.05) is 0 Å². The Hall–Kier alpha value is -2.30. The molecule has 0 radical (unpaired) electrons. The van der Waals surface area contributed by atoms with Gasteiger partial charge >= 0.3 is 5.97 Å². The molecular formula is C19H14Cl2O4. The molecule has 0 fully saturated rings. The number of Topliss-reactive ketones (excluding diaryl/α,β-unsaturated/α-hetero) is 1. The summed E-state index contributed by atoms with van der Waals surface area (Å²) < 4.78 is 11.0. The van der Waals surface area contributed by atoms with Crippen LogP contribution < -0.4 is 9.47 Å². The Morgan fingerprint density at radius 2 is 1.96 bits per heavy atom. The van der Waals surface area contributed by atoms with Gasteiger partial charge < -0.3 is 9.47 Å². The number of hydrogen-bond donors (Lipinski definition) is 0. The zero-order valence-electron chi connectivity index (χ0n) is 13.6. The van der Waals surface area contributed by atoms with Crippen LogP contribution in [0.15, 0.2) is 36.1 Å². The Morgan fingerprint density at radius 3 is 2.64 bits per heavy atom. The van der Waals surface area contributed by atoms with Crippen LogP contribution in [0.5, 0.6) is 11.5 Å². The van der Waals surface area contributed by atoms with Crippen molar-refractivity contribution in [3.63, 3.8) is 0 Å². The van der Waals surface area contributed by atoms with Gasteiger partial charge in [0.1, 0.15) is 11.5 Å². The molecule has 1 heterocycles. The van der Waals surface area contributed by atoms with Crippen molar-refractivity contribution in [2.45, 2.75) is 20.3 Å². The maximum atomic E-state index is 12.5. The molecule has 0 bridgehead atoms. The van der Waals surface area contributed by atoms with Crippen molar-refractivity contribution in [3.8, 4) is 11.5 Å². The number of ether oxygens (including phenoxy) is 2. The van der Waals surface area contributed by atoms with Crippen molar-refractivity contribution < 1.29 is 19.1 Å². The van der Waals surface area contributed by atoms with E-state index in [1.165, 1.54) is 0 Å². The fourth-order valence-electron chi connectivity index (χ4n) is 2.43. The highest BCUT2D eigenvalue weighted by atomic mass is 35.5. The minimum Gasteiger partial charge on any atom is -0.452 e.